The number of benzene rings is 1. The lowest BCUT2D eigenvalue weighted by Gasteiger charge is -2.26. The summed E-state index contributed by atoms with van der Waals surface area (Å²) in [6.45, 7) is 2.66. The van der Waals surface area contributed by atoms with Gasteiger partial charge in [-0.2, -0.15) is 0 Å². The van der Waals surface area contributed by atoms with Crippen LogP contribution in [0.15, 0.2) is 53.2 Å². The number of hydrogen-bond acceptors (Lipinski definition) is 5. The van der Waals surface area contributed by atoms with Gasteiger partial charge in [-0.05, 0) is 48.4 Å². The Bertz CT molecular complexity index is 1110. The number of carbonyl (C=O) groups is 3. The van der Waals surface area contributed by atoms with Crippen molar-refractivity contribution >= 4 is 35.2 Å². The predicted molar refractivity (Wildman–Crippen MR) is 120 cm³/mol. The van der Waals surface area contributed by atoms with E-state index in [2.05, 4.69) is 5.32 Å². The van der Waals surface area contributed by atoms with Crippen LogP contribution in [-0.2, 0) is 14.3 Å². The maximum Gasteiger partial charge on any atom is 0.414 e. The van der Waals surface area contributed by atoms with Gasteiger partial charge >= 0.3 is 6.09 Å². The first kappa shape index (κ1) is 22.3. The van der Waals surface area contributed by atoms with Crippen LogP contribution in [0.1, 0.15) is 24.7 Å². The maximum absolute atomic E-state index is 14.9. The smallest absolute Gasteiger partial charge is 0.414 e. The molecule has 3 heterocycles. The fourth-order valence-electron chi connectivity index (χ4n) is 3.79. The van der Waals surface area contributed by atoms with Crippen LogP contribution in [0.5, 0.6) is 0 Å². The van der Waals surface area contributed by atoms with Crippen molar-refractivity contribution in [2.75, 3.05) is 31.1 Å². The highest BCUT2D eigenvalue weighted by Crippen LogP contribution is 2.29. The third-order valence-corrected chi connectivity index (χ3v) is 5.52. The van der Waals surface area contributed by atoms with Gasteiger partial charge in [-0.15, -0.1) is 0 Å². The Labute approximate surface area is 190 Å². The molecule has 0 bridgehead atoms. The van der Waals surface area contributed by atoms with Crippen molar-refractivity contribution in [3.63, 3.8) is 0 Å². The standard InChI is InChI=1S/C24H24FN3O5/c1-16(29)26-14-20-15-28(24(31)33-20)18-4-6-21(22(25)13-18)17-8-10-27(11-9-17)23(30)7-5-19-3-2-12-32-19/h2-8,12-13,20H,9-11,14-15H2,1H3,(H,26,29)/b7-5-/t20-/m0/s1. The second kappa shape index (κ2) is 9.72. The number of amides is 3. The first-order chi connectivity index (χ1) is 15.9. The number of halogens is 1. The number of ether oxygens (including phenoxy) is 1. The molecule has 2 aliphatic rings. The van der Waals surface area contributed by atoms with E-state index in [0.29, 0.717) is 36.5 Å². The molecule has 1 aromatic carbocycles. The van der Waals surface area contributed by atoms with Crippen LogP contribution < -0.4 is 10.2 Å². The van der Waals surface area contributed by atoms with Crippen molar-refractivity contribution in [1.29, 1.82) is 0 Å². The Morgan fingerprint density at radius 1 is 1.30 bits per heavy atom. The zero-order valence-electron chi connectivity index (χ0n) is 18.1. The van der Waals surface area contributed by atoms with Gasteiger partial charge < -0.3 is 19.4 Å². The number of anilines is 1. The second-order valence-corrected chi connectivity index (χ2v) is 7.83. The Morgan fingerprint density at radius 2 is 2.15 bits per heavy atom. The van der Waals surface area contributed by atoms with Gasteiger partial charge in [-0.25, -0.2) is 9.18 Å². The zero-order valence-corrected chi connectivity index (χ0v) is 18.1. The SMILES string of the molecule is CC(=O)NC[C@H]1CN(c2ccc(C3=CCN(C(=O)/C=C\c4ccco4)CC3)c(F)c2)C(=O)O1. The molecule has 2 aromatic rings. The minimum Gasteiger partial charge on any atom is -0.465 e. The molecule has 4 rings (SSSR count). The van der Waals surface area contributed by atoms with Crippen LogP contribution in [0, 0.1) is 5.82 Å². The Hall–Kier alpha value is -3.88. The van der Waals surface area contributed by atoms with Gasteiger partial charge in [0.2, 0.25) is 11.8 Å². The summed E-state index contributed by atoms with van der Waals surface area (Å²) in [5, 5.41) is 2.61. The van der Waals surface area contributed by atoms with E-state index in [4.69, 9.17) is 9.15 Å². The monoisotopic (exact) mass is 453 g/mol. The van der Waals surface area contributed by atoms with E-state index in [1.165, 1.54) is 30.2 Å². The number of hydrogen-bond donors (Lipinski definition) is 1. The summed E-state index contributed by atoms with van der Waals surface area (Å²) in [6, 6.07) is 8.12. The van der Waals surface area contributed by atoms with E-state index in [9.17, 15) is 18.8 Å². The molecule has 0 unspecified atom stereocenters. The summed E-state index contributed by atoms with van der Waals surface area (Å²) in [5.74, 6) is -0.204. The molecule has 1 atom stereocenters. The lowest BCUT2D eigenvalue weighted by atomic mass is 9.98. The number of rotatable bonds is 6. The number of nitrogens with one attached hydrogen (secondary N) is 1. The van der Waals surface area contributed by atoms with E-state index in [1.54, 1.807) is 35.2 Å². The average Bonchev–Trinajstić information content (AvgIpc) is 3.45. The number of carbonyl (C=O) groups excluding carboxylic acids is 3. The van der Waals surface area contributed by atoms with Crippen LogP contribution in [-0.4, -0.2) is 55.1 Å². The average molecular weight is 453 g/mol. The van der Waals surface area contributed by atoms with Crippen molar-refractivity contribution in [2.45, 2.75) is 19.4 Å². The summed E-state index contributed by atoms with van der Waals surface area (Å²) in [5.41, 5.74) is 1.65. The van der Waals surface area contributed by atoms with Crippen LogP contribution in [0.2, 0.25) is 0 Å². The van der Waals surface area contributed by atoms with Crippen molar-refractivity contribution in [1.82, 2.24) is 10.2 Å². The molecule has 1 N–H and O–H groups in total. The van der Waals surface area contributed by atoms with Gasteiger partial charge in [-0.1, -0.05) is 6.08 Å². The van der Waals surface area contributed by atoms with Gasteiger partial charge in [0, 0.05) is 31.7 Å². The van der Waals surface area contributed by atoms with E-state index in [-0.39, 0.29) is 24.9 Å². The van der Waals surface area contributed by atoms with E-state index >= 15 is 0 Å². The second-order valence-electron chi connectivity index (χ2n) is 7.83. The highest BCUT2D eigenvalue weighted by atomic mass is 19.1. The molecule has 0 saturated carbocycles. The van der Waals surface area contributed by atoms with Crippen LogP contribution in [0.25, 0.3) is 11.6 Å². The molecule has 1 fully saturated rings. The summed E-state index contributed by atoms with van der Waals surface area (Å²) in [6.07, 6.45) is 5.90. The van der Waals surface area contributed by atoms with Crippen LogP contribution in [0.4, 0.5) is 14.9 Å². The van der Waals surface area contributed by atoms with E-state index in [1.807, 2.05) is 6.08 Å². The quantitative estimate of drug-likeness (QED) is 0.679. The third-order valence-electron chi connectivity index (χ3n) is 5.52. The van der Waals surface area contributed by atoms with E-state index < -0.39 is 18.0 Å². The molecule has 172 valence electrons. The number of furan rings is 1. The Morgan fingerprint density at radius 3 is 2.82 bits per heavy atom. The van der Waals surface area contributed by atoms with Crippen molar-refractivity contribution in [3.8, 4) is 0 Å². The lowest BCUT2D eigenvalue weighted by molar-refractivity contribution is -0.125. The Kier molecular flexibility index (Phi) is 6.58. The van der Waals surface area contributed by atoms with Gasteiger partial charge in [0.1, 0.15) is 17.7 Å². The first-order valence-electron chi connectivity index (χ1n) is 10.6. The molecular weight excluding hydrogens is 429 g/mol. The highest BCUT2D eigenvalue weighted by Gasteiger charge is 2.33. The summed E-state index contributed by atoms with van der Waals surface area (Å²) in [7, 11) is 0. The molecule has 0 aliphatic carbocycles. The maximum atomic E-state index is 14.9. The zero-order chi connectivity index (χ0) is 23.4. The van der Waals surface area contributed by atoms with Gasteiger partial charge in [0.15, 0.2) is 0 Å². The molecule has 9 heteroatoms. The predicted octanol–water partition coefficient (Wildman–Crippen LogP) is 3.21. The van der Waals surface area contributed by atoms with Crippen LogP contribution >= 0.6 is 0 Å². The minimum atomic E-state index is -0.578. The van der Waals surface area contributed by atoms with Gasteiger partial charge in [0.05, 0.1) is 25.0 Å². The van der Waals surface area contributed by atoms with E-state index in [0.717, 1.165) is 5.57 Å². The molecular formula is C24H24FN3O5. The lowest BCUT2D eigenvalue weighted by Crippen LogP contribution is -2.33. The Balaban J connectivity index is 1.39. The van der Waals surface area contributed by atoms with Crippen molar-refractivity contribution in [3.05, 3.63) is 65.9 Å². The summed E-state index contributed by atoms with van der Waals surface area (Å²) >= 11 is 0. The molecule has 1 aromatic heterocycles. The summed E-state index contributed by atoms with van der Waals surface area (Å²) in [4.78, 5) is 38.6. The van der Waals surface area contributed by atoms with Gasteiger partial charge in [0.25, 0.3) is 0 Å². The third kappa shape index (κ3) is 5.31. The fraction of sp³-hybridized carbons (Fsp3) is 0.292. The molecule has 1 saturated heterocycles. The van der Waals surface area contributed by atoms with Gasteiger partial charge in [-0.3, -0.25) is 14.5 Å². The molecule has 33 heavy (non-hydrogen) atoms. The topological polar surface area (TPSA) is 92.1 Å². The number of nitrogens with zero attached hydrogens (tertiary/aromatic N) is 2. The number of cyclic esters (lactones) is 1. The fourth-order valence-corrected chi connectivity index (χ4v) is 3.79. The van der Waals surface area contributed by atoms with Crippen LogP contribution in [0.3, 0.4) is 0 Å². The van der Waals surface area contributed by atoms with Crippen molar-refractivity contribution in [2.24, 2.45) is 0 Å². The molecule has 2 aliphatic heterocycles. The largest absolute Gasteiger partial charge is 0.465 e. The first-order valence-corrected chi connectivity index (χ1v) is 10.6. The molecule has 0 spiro atoms. The van der Waals surface area contributed by atoms with Crippen molar-refractivity contribution < 1.29 is 27.9 Å². The molecule has 0 radical (unpaired) electrons. The summed E-state index contributed by atoms with van der Waals surface area (Å²) < 4.78 is 25.3. The molecule has 8 nitrogen and oxygen atoms in total. The minimum absolute atomic E-state index is 0.140. The molecule has 3 amide bonds. The highest BCUT2D eigenvalue weighted by molar-refractivity contribution is 5.92. The normalized spacial score (nSPS) is 18.4.